The number of hydrogen-bond donors (Lipinski definition) is 1. The lowest BCUT2D eigenvalue weighted by Gasteiger charge is -2.00. The first-order valence-electron chi connectivity index (χ1n) is 4.58. The van der Waals surface area contributed by atoms with Crippen molar-refractivity contribution >= 4 is 17.4 Å². The van der Waals surface area contributed by atoms with Gasteiger partial charge < -0.3 is 10.3 Å². The van der Waals surface area contributed by atoms with Gasteiger partial charge in [-0.2, -0.15) is 16.7 Å². The van der Waals surface area contributed by atoms with Crippen LogP contribution in [0.4, 0.5) is 10.1 Å². The summed E-state index contributed by atoms with van der Waals surface area (Å²) in [4.78, 5) is 4.07. The van der Waals surface area contributed by atoms with Gasteiger partial charge in [0, 0.05) is 5.69 Å². The molecule has 2 rings (SSSR count). The third-order valence-electron chi connectivity index (χ3n) is 2.00. The lowest BCUT2D eigenvalue weighted by molar-refractivity contribution is 0.423. The predicted molar refractivity (Wildman–Crippen MR) is 61.3 cm³/mol. The number of benzene rings is 1. The van der Waals surface area contributed by atoms with Gasteiger partial charge in [0.2, 0.25) is 0 Å². The van der Waals surface area contributed by atoms with Crippen LogP contribution in [0.3, 0.4) is 0 Å². The second-order valence-corrected chi connectivity index (χ2v) is 4.02. The number of anilines is 1. The molecule has 0 aliphatic heterocycles. The zero-order chi connectivity index (χ0) is 11.5. The van der Waals surface area contributed by atoms with Crippen LogP contribution < -0.4 is 5.73 Å². The lowest BCUT2D eigenvalue weighted by Crippen LogP contribution is -1.93. The number of nitrogens with two attached hydrogens (primary N) is 1. The highest BCUT2D eigenvalue weighted by atomic mass is 32.2. The van der Waals surface area contributed by atoms with Gasteiger partial charge in [-0.15, -0.1) is 0 Å². The summed E-state index contributed by atoms with van der Waals surface area (Å²) in [5.74, 6) is 0.821. The van der Waals surface area contributed by atoms with Gasteiger partial charge in [0.1, 0.15) is 5.82 Å². The van der Waals surface area contributed by atoms with Gasteiger partial charge in [0.05, 0.1) is 11.3 Å². The molecule has 4 nitrogen and oxygen atoms in total. The molecule has 0 fully saturated rings. The normalized spacial score (nSPS) is 10.6. The third-order valence-corrected chi connectivity index (χ3v) is 2.55. The van der Waals surface area contributed by atoms with E-state index >= 15 is 0 Å². The maximum absolute atomic E-state index is 13.5. The molecule has 6 heteroatoms. The molecule has 0 spiro atoms. The molecule has 0 saturated carbocycles. The molecular weight excluding hydrogens is 229 g/mol. The molecule has 1 aromatic carbocycles. The van der Waals surface area contributed by atoms with Crippen molar-refractivity contribution < 1.29 is 8.91 Å². The van der Waals surface area contributed by atoms with Crippen LogP contribution in [0.5, 0.6) is 0 Å². The Labute approximate surface area is 96.0 Å². The second-order valence-electron chi connectivity index (χ2n) is 3.15. The average Bonchev–Trinajstić information content (AvgIpc) is 2.67. The topological polar surface area (TPSA) is 64.9 Å². The van der Waals surface area contributed by atoms with E-state index in [1.807, 2.05) is 6.26 Å². The first-order chi connectivity index (χ1) is 7.72. The van der Waals surface area contributed by atoms with Crippen LogP contribution in [0.1, 0.15) is 5.82 Å². The third kappa shape index (κ3) is 2.01. The fourth-order valence-electron chi connectivity index (χ4n) is 1.31. The zero-order valence-electron chi connectivity index (χ0n) is 8.61. The Hall–Kier alpha value is -1.56. The SMILES string of the molecule is CSCc1noc(-c2c(N)cccc2F)n1. The van der Waals surface area contributed by atoms with Crippen molar-refractivity contribution in [2.75, 3.05) is 12.0 Å². The number of nitrogens with zero attached hydrogens (tertiary/aromatic N) is 2. The van der Waals surface area contributed by atoms with E-state index in [1.54, 1.807) is 17.8 Å². The predicted octanol–water partition coefficient (Wildman–Crippen LogP) is 2.32. The van der Waals surface area contributed by atoms with Gasteiger partial charge in [-0.25, -0.2) is 4.39 Å². The minimum absolute atomic E-state index is 0.125. The molecule has 0 aliphatic carbocycles. The van der Waals surface area contributed by atoms with Crippen LogP contribution in [-0.2, 0) is 5.75 Å². The fraction of sp³-hybridized carbons (Fsp3) is 0.200. The summed E-state index contributed by atoms with van der Waals surface area (Å²) in [6.45, 7) is 0. The molecule has 1 aromatic heterocycles. The highest BCUT2D eigenvalue weighted by molar-refractivity contribution is 7.97. The van der Waals surface area contributed by atoms with Gasteiger partial charge in [0.25, 0.3) is 5.89 Å². The highest BCUT2D eigenvalue weighted by Gasteiger charge is 2.15. The summed E-state index contributed by atoms with van der Waals surface area (Å²) in [6.07, 6.45) is 1.92. The van der Waals surface area contributed by atoms with Gasteiger partial charge in [-0.3, -0.25) is 0 Å². The number of thioether (sulfide) groups is 1. The number of nitrogen functional groups attached to an aromatic ring is 1. The molecule has 1 heterocycles. The number of halogens is 1. The van der Waals surface area contributed by atoms with E-state index in [4.69, 9.17) is 10.3 Å². The molecule has 2 N–H and O–H groups in total. The summed E-state index contributed by atoms with van der Waals surface area (Å²) < 4.78 is 18.5. The van der Waals surface area contributed by atoms with E-state index in [0.29, 0.717) is 17.3 Å². The minimum Gasteiger partial charge on any atom is -0.398 e. The Balaban J connectivity index is 2.42. The van der Waals surface area contributed by atoms with Crippen LogP contribution in [0.2, 0.25) is 0 Å². The first kappa shape index (κ1) is 10.9. The van der Waals surface area contributed by atoms with Crippen LogP contribution in [0.25, 0.3) is 11.5 Å². The van der Waals surface area contributed by atoms with Gasteiger partial charge in [-0.05, 0) is 18.4 Å². The first-order valence-corrected chi connectivity index (χ1v) is 5.97. The average molecular weight is 239 g/mol. The second kappa shape index (κ2) is 4.52. The molecule has 0 amide bonds. The Morgan fingerprint density at radius 3 is 3.00 bits per heavy atom. The van der Waals surface area contributed by atoms with Gasteiger partial charge in [-0.1, -0.05) is 11.2 Å². The van der Waals surface area contributed by atoms with E-state index in [2.05, 4.69) is 10.1 Å². The summed E-state index contributed by atoms with van der Waals surface area (Å²) >= 11 is 1.56. The maximum atomic E-state index is 13.5. The summed E-state index contributed by atoms with van der Waals surface area (Å²) in [7, 11) is 0. The van der Waals surface area contributed by atoms with Crippen molar-refractivity contribution in [3.8, 4) is 11.5 Å². The highest BCUT2D eigenvalue weighted by Crippen LogP contribution is 2.27. The smallest absolute Gasteiger partial charge is 0.263 e. The number of hydrogen-bond acceptors (Lipinski definition) is 5. The minimum atomic E-state index is -0.459. The largest absolute Gasteiger partial charge is 0.398 e. The molecule has 0 saturated heterocycles. The Bertz CT molecular complexity index is 480. The van der Waals surface area contributed by atoms with Crippen LogP contribution in [0.15, 0.2) is 22.7 Å². The monoisotopic (exact) mass is 239 g/mol. The summed E-state index contributed by atoms with van der Waals surface area (Å²) in [5, 5.41) is 3.74. The van der Waals surface area contributed by atoms with Crippen LogP contribution in [-0.4, -0.2) is 16.4 Å². The van der Waals surface area contributed by atoms with E-state index < -0.39 is 5.82 Å². The molecular formula is C10H10FN3OS. The van der Waals surface area contributed by atoms with Crippen molar-refractivity contribution in [1.82, 2.24) is 10.1 Å². The lowest BCUT2D eigenvalue weighted by atomic mass is 10.1. The summed E-state index contributed by atoms with van der Waals surface area (Å²) in [5.41, 5.74) is 6.12. The molecule has 2 aromatic rings. The molecule has 0 atom stereocenters. The standard InChI is InChI=1S/C10H10FN3OS/c1-16-5-8-13-10(15-14-8)9-6(11)3-2-4-7(9)12/h2-4H,5,12H2,1H3. The van der Waals surface area contributed by atoms with E-state index in [1.165, 1.54) is 12.1 Å². The molecule has 84 valence electrons. The molecule has 0 radical (unpaired) electrons. The fourth-order valence-corrected chi connectivity index (χ4v) is 1.69. The summed E-state index contributed by atoms with van der Waals surface area (Å²) in [6, 6.07) is 4.44. The Kier molecular flexibility index (Phi) is 3.09. The quantitative estimate of drug-likeness (QED) is 0.833. The van der Waals surface area contributed by atoms with E-state index in [-0.39, 0.29) is 11.5 Å². The van der Waals surface area contributed by atoms with Crippen molar-refractivity contribution in [3.05, 3.63) is 29.8 Å². The maximum Gasteiger partial charge on any atom is 0.263 e. The molecule has 0 unspecified atom stereocenters. The Morgan fingerprint density at radius 2 is 2.31 bits per heavy atom. The zero-order valence-corrected chi connectivity index (χ0v) is 9.42. The Morgan fingerprint density at radius 1 is 1.50 bits per heavy atom. The van der Waals surface area contributed by atoms with Crippen molar-refractivity contribution in [2.24, 2.45) is 0 Å². The van der Waals surface area contributed by atoms with Crippen molar-refractivity contribution in [1.29, 1.82) is 0 Å². The van der Waals surface area contributed by atoms with Crippen molar-refractivity contribution in [2.45, 2.75) is 5.75 Å². The number of rotatable bonds is 3. The van der Waals surface area contributed by atoms with E-state index in [9.17, 15) is 4.39 Å². The van der Waals surface area contributed by atoms with Crippen LogP contribution in [0, 0.1) is 5.82 Å². The molecule has 0 bridgehead atoms. The van der Waals surface area contributed by atoms with Gasteiger partial charge >= 0.3 is 0 Å². The molecule has 16 heavy (non-hydrogen) atoms. The number of aromatic nitrogens is 2. The van der Waals surface area contributed by atoms with Gasteiger partial charge in [0.15, 0.2) is 5.82 Å². The van der Waals surface area contributed by atoms with Crippen molar-refractivity contribution in [3.63, 3.8) is 0 Å². The van der Waals surface area contributed by atoms with E-state index in [0.717, 1.165) is 0 Å². The molecule has 0 aliphatic rings. The van der Waals surface area contributed by atoms with Crippen LogP contribution >= 0.6 is 11.8 Å².